The molecule has 1 aromatic heterocycles. The van der Waals surface area contributed by atoms with Gasteiger partial charge in [-0.3, -0.25) is 9.78 Å². The van der Waals surface area contributed by atoms with E-state index < -0.39 is 11.6 Å². The molecular weight excluding hydrogens is 344 g/mol. The lowest BCUT2D eigenvalue weighted by molar-refractivity contribution is 0.103. The second-order valence-electron chi connectivity index (χ2n) is 3.41. The van der Waals surface area contributed by atoms with Crippen LogP contribution in [0.2, 0.25) is 10.0 Å². The van der Waals surface area contributed by atoms with Crippen molar-refractivity contribution in [1.82, 2.24) is 4.98 Å². The maximum Gasteiger partial charge on any atom is 0.197 e. The van der Waals surface area contributed by atoms with E-state index in [0.717, 1.165) is 0 Å². The van der Waals surface area contributed by atoms with Crippen LogP contribution in [0.15, 0.2) is 35.1 Å². The Morgan fingerprint density at radius 1 is 1.22 bits per heavy atom. The second kappa shape index (κ2) is 5.34. The number of carbonyl (C=O) groups excluding carboxylic acids is 1. The van der Waals surface area contributed by atoms with Crippen LogP contribution in [0, 0.1) is 5.82 Å². The molecular formula is C12H5BrCl2FNO. The van der Waals surface area contributed by atoms with Crippen LogP contribution in [0.25, 0.3) is 0 Å². The second-order valence-corrected chi connectivity index (χ2v) is 5.05. The van der Waals surface area contributed by atoms with Gasteiger partial charge in [0, 0.05) is 22.4 Å². The van der Waals surface area contributed by atoms with E-state index in [0.29, 0.717) is 4.47 Å². The summed E-state index contributed by atoms with van der Waals surface area (Å²) in [6.45, 7) is 0. The maximum atomic E-state index is 13.9. The highest BCUT2D eigenvalue weighted by molar-refractivity contribution is 9.10. The summed E-state index contributed by atoms with van der Waals surface area (Å²) in [6, 6.07) is 4.29. The van der Waals surface area contributed by atoms with E-state index in [1.165, 1.54) is 30.6 Å². The van der Waals surface area contributed by atoms with Gasteiger partial charge in [0.15, 0.2) is 11.6 Å². The Morgan fingerprint density at radius 2 is 1.94 bits per heavy atom. The number of nitrogens with zero attached hydrogens (tertiary/aromatic N) is 1. The van der Waals surface area contributed by atoms with Gasteiger partial charge in [-0.05, 0) is 34.1 Å². The molecule has 0 fully saturated rings. The van der Waals surface area contributed by atoms with Crippen molar-refractivity contribution in [2.75, 3.05) is 0 Å². The van der Waals surface area contributed by atoms with Crippen LogP contribution in [0.4, 0.5) is 4.39 Å². The largest absolute Gasteiger partial charge is 0.288 e. The van der Waals surface area contributed by atoms with Crippen LogP contribution in [0.5, 0.6) is 0 Å². The Kier molecular flexibility index (Phi) is 4.00. The zero-order valence-electron chi connectivity index (χ0n) is 8.75. The third kappa shape index (κ3) is 2.41. The highest BCUT2D eigenvalue weighted by Crippen LogP contribution is 2.29. The summed E-state index contributed by atoms with van der Waals surface area (Å²) in [4.78, 5) is 15.9. The van der Waals surface area contributed by atoms with E-state index in [1.54, 1.807) is 0 Å². The predicted molar refractivity (Wildman–Crippen MR) is 71.8 cm³/mol. The summed E-state index contributed by atoms with van der Waals surface area (Å²) in [5.41, 5.74) is 0.0558. The van der Waals surface area contributed by atoms with Crippen molar-refractivity contribution < 1.29 is 9.18 Å². The molecule has 2 aromatic rings. The SMILES string of the molecule is O=C(c1ccncc1Cl)c1ccc(Br)c(Cl)c1F. The minimum Gasteiger partial charge on any atom is -0.288 e. The Hall–Kier alpha value is -0.970. The average Bonchev–Trinajstić information content (AvgIpc) is 2.36. The van der Waals surface area contributed by atoms with Crippen molar-refractivity contribution in [1.29, 1.82) is 0 Å². The Morgan fingerprint density at radius 3 is 2.61 bits per heavy atom. The summed E-state index contributed by atoms with van der Waals surface area (Å²) in [7, 11) is 0. The number of rotatable bonds is 2. The maximum absolute atomic E-state index is 13.9. The zero-order valence-corrected chi connectivity index (χ0v) is 11.9. The van der Waals surface area contributed by atoms with Crippen LogP contribution < -0.4 is 0 Å². The highest BCUT2D eigenvalue weighted by atomic mass is 79.9. The fourth-order valence-corrected chi connectivity index (χ4v) is 2.08. The lowest BCUT2D eigenvalue weighted by Gasteiger charge is -2.06. The molecule has 2 rings (SSSR count). The van der Waals surface area contributed by atoms with Gasteiger partial charge in [0.05, 0.1) is 15.6 Å². The van der Waals surface area contributed by atoms with Crippen LogP contribution in [-0.2, 0) is 0 Å². The molecule has 0 saturated heterocycles. The van der Waals surface area contributed by atoms with Crippen molar-refractivity contribution in [3.8, 4) is 0 Å². The van der Waals surface area contributed by atoms with E-state index in [4.69, 9.17) is 23.2 Å². The van der Waals surface area contributed by atoms with Crippen LogP contribution in [-0.4, -0.2) is 10.8 Å². The van der Waals surface area contributed by atoms with Crippen molar-refractivity contribution in [3.05, 3.63) is 62.1 Å². The quantitative estimate of drug-likeness (QED) is 0.590. The lowest BCUT2D eigenvalue weighted by atomic mass is 10.0. The van der Waals surface area contributed by atoms with Gasteiger partial charge in [0.1, 0.15) is 0 Å². The first-order valence-electron chi connectivity index (χ1n) is 4.80. The Balaban J connectivity index is 2.54. The molecule has 0 amide bonds. The number of benzene rings is 1. The minimum absolute atomic E-state index is 0.128. The third-order valence-electron chi connectivity index (χ3n) is 2.30. The molecule has 18 heavy (non-hydrogen) atoms. The number of halogens is 4. The molecule has 0 unspecified atom stereocenters. The normalized spacial score (nSPS) is 10.4. The Labute approximate surface area is 121 Å². The first-order valence-corrected chi connectivity index (χ1v) is 6.35. The Bertz CT molecular complexity index is 633. The topological polar surface area (TPSA) is 30.0 Å². The number of hydrogen-bond donors (Lipinski definition) is 0. The van der Waals surface area contributed by atoms with E-state index in [9.17, 15) is 9.18 Å². The standard InChI is InChI=1S/C12H5BrCl2FNO/c13-8-2-1-7(11(16)10(8)15)12(18)6-3-4-17-5-9(6)14/h1-5H. The van der Waals surface area contributed by atoms with Crippen molar-refractivity contribution in [2.24, 2.45) is 0 Å². The number of hydrogen-bond acceptors (Lipinski definition) is 2. The molecule has 1 heterocycles. The van der Waals surface area contributed by atoms with Gasteiger partial charge in [-0.15, -0.1) is 0 Å². The highest BCUT2D eigenvalue weighted by Gasteiger charge is 2.19. The smallest absolute Gasteiger partial charge is 0.197 e. The first kappa shape index (κ1) is 13.5. The summed E-state index contributed by atoms with van der Waals surface area (Å²) in [5.74, 6) is -1.31. The van der Waals surface area contributed by atoms with Gasteiger partial charge in [-0.2, -0.15) is 0 Å². The van der Waals surface area contributed by atoms with E-state index in [2.05, 4.69) is 20.9 Å². The van der Waals surface area contributed by atoms with Crippen LogP contribution in [0.1, 0.15) is 15.9 Å². The molecule has 0 aliphatic rings. The molecule has 6 heteroatoms. The number of aromatic nitrogens is 1. The van der Waals surface area contributed by atoms with Crippen LogP contribution in [0.3, 0.4) is 0 Å². The van der Waals surface area contributed by atoms with Gasteiger partial charge >= 0.3 is 0 Å². The molecule has 0 aliphatic carbocycles. The molecule has 0 aliphatic heterocycles. The number of carbonyl (C=O) groups is 1. The molecule has 0 atom stereocenters. The molecule has 1 aromatic carbocycles. The molecule has 0 spiro atoms. The zero-order chi connectivity index (χ0) is 13.3. The van der Waals surface area contributed by atoms with E-state index in [-0.39, 0.29) is 21.2 Å². The van der Waals surface area contributed by atoms with Crippen molar-refractivity contribution in [2.45, 2.75) is 0 Å². The van der Waals surface area contributed by atoms with Crippen molar-refractivity contribution >= 4 is 44.9 Å². The van der Waals surface area contributed by atoms with Gasteiger partial charge in [-0.25, -0.2) is 4.39 Å². The van der Waals surface area contributed by atoms with E-state index in [1.807, 2.05) is 0 Å². The van der Waals surface area contributed by atoms with Gasteiger partial charge in [0.25, 0.3) is 0 Å². The molecule has 0 saturated carbocycles. The number of ketones is 1. The molecule has 92 valence electrons. The summed E-state index contributed by atoms with van der Waals surface area (Å²) in [6.07, 6.45) is 2.74. The average molecular weight is 349 g/mol. The summed E-state index contributed by atoms with van der Waals surface area (Å²) < 4.78 is 14.3. The minimum atomic E-state index is -0.774. The molecule has 0 bridgehead atoms. The molecule has 0 radical (unpaired) electrons. The monoisotopic (exact) mass is 347 g/mol. The predicted octanol–water partition coefficient (Wildman–Crippen LogP) is 4.52. The molecule has 0 N–H and O–H groups in total. The summed E-state index contributed by atoms with van der Waals surface area (Å²) in [5, 5.41) is 0.0342. The van der Waals surface area contributed by atoms with Gasteiger partial charge < -0.3 is 0 Å². The van der Waals surface area contributed by atoms with E-state index >= 15 is 0 Å². The van der Waals surface area contributed by atoms with Gasteiger partial charge in [-0.1, -0.05) is 23.2 Å². The first-order chi connectivity index (χ1) is 8.52. The molecule has 2 nitrogen and oxygen atoms in total. The number of pyridine rings is 1. The fourth-order valence-electron chi connectivity index (χ4n) is 1.41. The lowest BCUT2D eigenvalue weighted by Crippen LogP contribution is -2.06. The van der Waals surface area contributed by atoms with Gasteiger partial charge in [0.2, 0.25) is 0 Å². The van der Waals surface area contributed by atoms with Crippen molar-refractivity contribution in [3.63, 3.8) is 0 Å². The van der Waals surface area contributed by atoms with Crippen LogP contribution >= 0.6 is 39.1 Å². The summed E-state index contributed by atoms with van der Waals surface area (Å²) >= 11 is 14.7. The third-order valence-corrected chi connectivity index (χ3v) is 3.86. The fraction of sp³-hybridized carbons (Fsp3) is 0.